The van der Waals surface area contributed by atoms with E-state index in [1.807, 2.05) is 0 Å². The SMILES string of the molecule is CCOC(=O)c1cc(C(=O)c2ccc(OC)cc2)n2ccc(C(F)(F)F)cc12. The maximum absolute atomic E-state index is 13.1. The largest absolute Gasteiger partial charge is 0.497 e. The van der Waals surface area contributed by atoms with Gasteiger partial charge in [-0.15, -0.1) is 0 Å². The van der Waals surface area contributed by atoms with Crippen molar-refractivity contribution in [2.75, 3.05) is 13.7 Å². The first kappa shape index (κ1) is 19.5. The smallest absolute Gasteiger partial charge is 0.416 e. The molecule has 2 heterocycles. The fraction of sp³-hybridized carbons (Fsp3) is 0.200. The van der Waals surface area contributed by atoms with E-state index < -0.39 is 23.5 Å². The molecule has 3 rings (SSSR count). The van der Waals surface area contributed by atoms with Crippen molar-refractivity contribution in [3.8, 4) is 5.75 Å². The van der Waals surface area contributed by atoms with Gasteiger partial charge in [0, 0.05) is 11.8 Å². The summed E-state index contributed by atoms with van der Waals surface area (Å²) in [6.45, 7) is 1.64. The number of aromatic nitrogens is 1. The number of fused-ring (bicyclic) bond motifs is 1. The molecule has 0 unspecified atom stereocenters. The molecule has 0 fully saturated rings. The van der Waals surface area contributed by atoms with Crippen LogP contribution in [0.2, 0.25) is 0 Å². The molecule has 0 atom stereocenters. The molecule has 0 bridgehead atoms. The second-order valence-electron chi connectivity index (χ2n) is 5.89. The monoisotopic (exact) mass is 391 g/mol. The minimum Gasteiger partial charge on any atom is -0.497 e. The second-order valence-corrected chi connectivity index (χ2v) is 5.89. The van der Waals surface area contributed by atoms with Gasteiger partial charge in [-0.2, -0.15) is 13.2 Å². The van der Waals surface area contributed by atoms with Gasteiger partial charge in [0.2, 0.25) is 5.78 Å². The van der Waals surface area contributed by atoms with Crippen molar-refractivity contribution in [3.05, 3.63) is 71.0 Å². The first-order chi connectivity index (χ1) is 13.3. The highest BCUT2D eigenvalue weighted by Crippen LogP contribution is 2.32. The van der Waals surface area contributed by atoms with Crippen molar-refractivity contribution in [2.45, 2.75) is 13.1 Å². The summed E-state index contributed by atoms with van der Waals surface area (Å²) in [5.41, 5.74) is -0.727. The highest BCUT2D eigenvalue weighted by molar-refractivity contribution is 6.11. The van der Waals surface area contributed by atoms with E-state index in [1.165, 1.54) is 29.7 Å². The molecule has 146 valence electrons. The third-order valence-corrected chi connectivity index (χ3v) is 4.18. The summed E-state index contributed by atoms with van der Waals surface area (Å²) in [4.78, 5) is 25.1. The Morgan fingerprint density at radius 1 is 1.07 bits per heavy atom. The highest BCUT2D eigenvalue weighted by atomic mass is 19.4. The fourth-order valence-corrected chi connectivity index (χ4v) is 2.81. The van der Waals surface area contributed by atoms with Gasteiger partial charge >= 0.3 is 12.1 Å². The average Bonchev–Trinajstić information content (AvgIpc) is 3.06. The zero-order valence-corrected chi connectivity index (χ0v) is 15.0. The molecule has 1 aromatic carbocycles. The lowest BCUT2D eigenvalue weighted by atomic mass is 10.1. The van der Waals surface area contributed by atoms with Gasteiger partial charge in [0.15, 0.2) is 0 Å². The second kappa shape index (κ2) is 7.38. The van der Waals surface area contributed by atoms with Gasteiger partial charge in [-0.1, -0.05) is 0 Å². The van der Waals surface area contributed by atoms with Crippen molar-refractivity contribution in [3.63, 3.8) is 0 Å². The number of hydrogen-bond acceptors (Lipinski definition) is 4. The van der Waals surface area contributed by atoms with Crippen LogP contribution in [0.5, 0.6) is 5.75 Å². The molecular formula is C20H16F3NO4. The zero-order valence-electron chi connectivity index (χ0n) is 15.0. The zero-order chi connectivity index (χ0) is 20.5. The Labute approximate surface area is 158 Å². The minimum absolute atomic E-state index is 0.0508. The Hall–Kier alpha value is -3.29. The predicted octanol–water partition coefficient (Wildman–Crippen LogP) is 4.37. The number of nitrogens with zero attached hydrogens (tertiary/aromatic N) is 1. The van der Waals surface area contributed by atoms with Crippen LogP contribution in [-0.2, 0) is 10.9 Å². The topological polar surface area (TPSA) is 57.0 Å². The van der Waals surface area contributed by atoms with Gasteiger partial charge in [-0.05, 0) is 49.4 Å². The number of carbonyl (C=O) groups is 2. The molecule has 0 saturated heterocycles. The predicted molar refractivity (Wildman–Crippen MR) is 94.8 cm³/mol. The Balaban J connectivity index is 2.16. The number of methoxy groups -OCH3 is 1. The normalized spacial score (nSPS) is 11.5. The molecule has 0 aliphatic carbocycles. The number of ether oxygens (including phenoxy) is 2. The van der Waals surface area contributed by atoms with Gasteiger partial charge in [0.1, 0.15) is 5.75 Å². The minimum atomic E-state index is -4.59. The Morgan fingerprint density at radius 3 is 2.32 bits per heavy atom. The molecule has 3 aromatic rings. The number of carbonyl (C=O) groups excluding carboxylic acids is 2. The molecule has 0 N–H and O–H groups in total. The number of hydrogen-bond donors (Lipinski definition) is 0. The fourth-order valence-electron chi connectivity index (χ4n) is 2.81. The van der Waals surface area contributed by atoms with Crippen LogP contribution < -0.4 is 4.74 Å². The van der Waals surface area contributed by atoms with Crippen molar-refractivity contribution in [1.82, 2.24) is 4.40 Å². The van der Waals surface area contributed by atoms with E-state index in [9.17, 15) is 22.8 Å². The maximum Gasteiger partial charge on any atom is 0.416 e. The maximum atomic E-state index is 13.1. The summed E-state index contributed by atoms with van der Waals surface area (Å²) in [5, 5.41) is 0. The summed E-state index contributed by atoms with van der Waals surface area (Å²) in [6.07, 6.45) is -3.46. The van der Waals surface area contributed by atoms with E-state index in [4.69, 9.17) is 9.47 Å². The van der Waals surface area contributed by atoms with E-state index in [0.717, 1.165) is 18.3 Å². The first-order valence-electron chi connectivity index (χ1n) is 8.34. The summed E-state index contributed by atoms with van der Waals surface area (Å²) in [6, 6.07) is 9.20. The van der Waals surface area contributed by atoms with Crippen LogP contribution >= 0.6 is 0 Å². The van der Waals surface area contributed by atoms with Gasteiger partial charge in [-0.3, -0.25) is 4.79 Å². The molecule has 0 aliphatic rings. The van der Waals surface area contributed by atoms with Crippen molar-refractivity contribution >= 4 is 17.3 Å². The number of benzene rings is 1. The number of ketones is 1. The number of pyridine rings is 1. The summed E-state index contributed by atoms with van der Waals surface area (Å²) in [7, 11) is 1.49. The molecular weight excluding hydrogens is 375 g/mol. The van der Waals surface area contributed by atoms with Crippen LogP contribution in [0.1, 0.15) is 38.9 Å². The third-order valence-electron chi connectivity index (χ3n) is 4.18. The van der Waals surface area contributed by atoms with Crippen LogP contribution in [0.4, 0.5) is 13.2 Å². The molecule has 5 nitrogen and oxygen atoms in total. The third kappa shape index (κ3) is 3.58. The van der Waals surface area contributed by atoms with Crippen LogP contribution in [0.3, 0.4) is 0 Å². The van der Waals surface area contributed by atoms with E-state index in [-0.39, 0.29) is 23.4 Å². The number of esters is 1. The molecule has 0 spiro atoms. The first-order valence-corrected chi connectivity index (χ1v) is 8.34. The van der Waals surface area contributed by atoms with Gasteiger partial charge in [-0.25, -0.2) is 4.79 Å². The van der Waals surface area contributed by atoms with E-state index in [1.54, 1.807) is 19.1 Å². The lowest BCUT2D eigenvalue weighted by Gasteiger charge is -2.09. The molecule has 0 aliphatic heterocycles. The number of halogens is 3. The standard InChI is InChI=1S/C20H16F3NO4/c1-3-28-19(26)15-11-17(18(25)12-4-6-14(27-2)7-5-12)24-9-8-13(10-16(15)24)20(21,22)23/h4-11H,3H2,1-2H3. The van der Waals surface area contributed by atoms with Crippen molar-refractivity contribution in [1.29, 1.82) is 0 Å². The van der Waals surface area contributed by atoms with Crippen LogP contribution in [0.15, 0.2) is 48.7 Å². The van der Waals surface area contributed by atoms with Gasteiger partial charge in [0.05, 0.1) is 36.1 Å². The van der Waals surface area contributed by atoms with Crippen molar-refractivity contribution < 1.29 is 32.2 Å². The quantitative estimate of drug-likeness (QED) is 0.479. The van der Waals surface area contributed by atoms with Gasteiger partial charge < -0.3 is 13.9 Å². The summed E-state index contributed by atoms with van der Waals surface area (Å²) < 4.78 is 50.5. The van der Waals surface area contributed by atoms with Crippen LogP contribution in [0, 0.1) is 0 Å². The molecule has 0 amide bonds. The molecule has 28 heavy (non-hydrogen) atoms. The highest BCUT2D eigenvalue weighted by Gasteiger charge is 2.32. The van der Waals surface area contributed by atoms with E-state index in [2.05, 4.69) is 0 Å². The Morgan fingerprint density at radius 2 is 1.75 bits per heavy atom. The molecule has 0 saturated carbocycles. The van der Waals surface area contributed by atoms with Crippen LogP contribution in [-0.4, -0.2) is 29.9 Å². The van der Waals surface area contributed by atoms with E-state index in [0.29, 0.717) is 11.3 Å². The Bertz CT molecular complexity index is 1040. The average molecular weight is 391 g/mol. The van der Waals surface area contributed by atoms with Gasteiger partial charge in [0.25, 0.3) is 0 Å². The molecule has 0 radical (unpaired) electrons. The number of alkyl halides is 3. The summed E-state index contributed by atoms with van der Waals surface area (Å²) in [5.74, 6) is -0.695. The summed E-state index contributed by atoms with van der Waals surface area (Å²) >= 11 is 0. The van der Waals surface area contributed by atoms with Crippen LogP contribution in [0.25, 0.3) is 5.52 Å². The number of rotatable bonds is 5. The van der Waals surface area contributed by atoms with Crippen molar-refractivity contribution in [2.24, 2.45) is 0 Å². The lowest BCUT2D eigenvalue weighted by Crippen LogP contribution is -2.08. The Kier molecular flexibility index (Phi) is 5.13. The molecule has 8 heteroatoms. The lowest BCUT2D eigenvalue weighted by molar-refractivity contribution is -0.137. The van der Waals surface area contributed by atoms with E-state index >= 15 is 0 Å². The molecule has 2 aromatic heterocycles.